The maximum atomic E-state index is 13.2. The van der Waals surface area contributed by atoms with Crippen LogP contribution in [0, 0.1) is 5.82 Å². The van der Waals surface area contributed by atoms with Crippen molar-refractivity contribution in [2.75, 3.05) is 0 Å². The van der Waals surface area contributed by atoms with Crippen LogP contribution in [0.15, 0.2) is 72.9 Å². The molecule has 11 heteroatoms. The van der Waals surface area contributed by atoms with Gasteiger partial charge in [0.2, 0.25) is 0 Å². The van der Waals surface area contributed by atoms with Gasteiger partial charge >= 0.3 is 12.1 Å². The van der Waals surface area contributed by atoms with Crippen molar-refractivity contribution < 1.29 is 32.3 Å². The molecule has 2 N–H and O–H groups in total. The Hall–Kier alpha value is -3.92. The van der Waals surface area contributed by atoms with Gasteiger partial charge in [0.1, 0.15) is 11.6 Å². The van der Waals surface area contributed by atoms with Gasteiger partial charge in [-0.3, -0.25) is 9.20 Å². The Morgan fingerprint density at radius 2 is 1.62 bits per heavy atom. The Balaban J connectivity index is 0.000000406. The summed E-state index contributed by atoms with van der Waals surface area (Å²) in [4.78, 5) is 26.1. The van der Waals surface area contributed by atoms with E-state index in [9.17, 15) is 22.4 Å². The molecule has 2 aromatic heterocycles. The predicted octanol–water partition coefficient (Wildman–Crippen LogP) is 5.36. The smallest absolute Gasteiger partial charge is 0.475 e. The zero-order chi connectivity index (χ0) is 24.9. The van der Waals surface area contributed by atoms with Gasteiger partial charge < -0.3 is 10.4 Å². The molecule has 0 aliphatic heterocycles. The Morgan fingerprint density at radius 3 is 2.21 bits per heavy atom. The number of nitrogens with zero attached hydrogens (tertiary/aromatic N) is 2. The second-order valence-corrected chi connectivity index (χ2v) is 7.30. The van der Waals surface area contributed by atoms with E-state index in [0.717, 1.165) is 11.1 Å². The minimum absolute atomic E-state index is 0.276. The van der Waals surface area contributed by atoms with Crippen molar-refractivity contribution >= 4 is 29.0 Å². The summed E-state index contributed by atoms with van der Waals surface area (Å²) in [5, 5.41) is 10.7. The third-order valence-electron chi connectivity index (χ3n) is 4.47. The van der Waals surface area contributed by atoms with Gasteiger partial charge in [0, 0.05) is 23.3 Å². The lowest BCUT2D eigenvalue weighted by molar-refractivity contribution is -0.192. The Morgan fingerprint density at radius 1 is 1.00 bits per heavy atom. The zero-order valence-electron chi connectivity index (χ0n) is 17.2. The number of nitrogens with one attached hydrogen (secondary N) is 1. The van der Waals surface area contributed by atoms with Crippen molar-refractivity contribution in [1.82, 2.24) is 14.7 Å². The first-order valence-electron chi connectivity index (χ1n) is 9.62. The summed E-state index contributed by atoms with van der Waals surface area (Å²) >= 11 is 5.88. The van der Waals surface area contributed by atoms with Crippen molar-refractivity contribution in [2.24, 2.45) is 0 Å². The highest BCUT2D eigenvalue weighted by molar-refractivity contribution is 6.30. The van der Waals surface area contributed by atoms with Gasteiger partial charge in [-0.1, -0.05) is 29.8 Å². The molecular weight excluding hydrogens is 478 g/mol. The maximum absolute atomic E-state index is 13.2. The molecule has 4 aromatic rings. The van der Waals surface area contributed by atoms with Crippen molar-refractivity contribution in [3.8, 4) is 11.4 Å². The van der Waals surface area contributed by atoms with Crippen molar-refractivity contribution in [3.05, 3.63) is 95.0 Å². The first-order valence-corrected chi connectivity index (χ1v) is 10.00. The van der Waals surface area contributed by atoms with E-state index in [0.29, 0.717) is 28.6 Å². The third-order valence-corrected chi connectivity index (χ3v) is 4.73. The van der Waals surface area contributed by atoms with E-state index in [2.05, 4.69) is 10.3 Å². The summed E-state index contributed by atoms with van der Waals surface area (Å²) in [6, 6.07) is 18.9. The van der Waals surface area contributed by atoms with Gasteiger partial charge in [0.05, 0.1) is 5.52 Å². The minimum atomic E-state index is -5.08. The average molecular weight is 494 g/mol. The van der Waals surface area contributed by atoms with E-state index in [1.807, 2.05) is 40.9 Å². The molecule has 0 unspecified atom stereocenters. The number of hydrogen-bond donors (Lipinski definition) is 2. The second kappa shape index (κ2) is 10.3. The number of halogens is 5. The molecule has 0 saturated carbocycles. The van der Waals surface area contributed by atoms with Crippen LogP contribution < -0.4 is 5.32 Å². The van der Waals surface area contributed by atoms with Crippen LogP contribution in [-0.2, 0) is 11.3 Å². The molecule has 34 heavy (non-hydrogen) atoms. The highest BCUT2D eigenvalue weighted by Gasteiger charge is 2.38. The first-order chi connectivity index (χ1) is 16.1. The van der Waals surface area contributed by atoms with Crippen LogP contribution in [0.1, 0.15) is 16.1 Å². The number of carbonyl (C=O) groups excluding carboxylic acids is 1. The highest BCUT2D eigenvalue weighted by Crippen LogP contribution is 2.23. The van der Waals surface area contributed by atoms with Crippen molar-refractivity contribution in [3.63, 3.8) is 0 Å². The van der Waals surface area contributed by atoms with Crippen LogP contribution >= 0.6 is 11.6 Å². The normalized spacial score (nSPS) is 11.0. The molecule has 0 fully saturated rings. The van der Waals surface area contributed by atoms with Crippen LogP contribution in [0.25, 0.3) is 16.9 Å². The van der Waals surface area contributed by atoms with Gasteiger partial charge in [-0.15, -0.1) is 0 Å². The van der Waals surface area contributed by atoms with Crippen LogP contribution in [0.4, 0.5) is 17.6 Å². The van der Waals surface area contributed by atoms with E-state index >= 15 is 0 Å². The number of imidazole rings is 1. The molecule has 0 radical (unpaired) electrons. The number of alkyl halides is 3. The molecule has 0 atom stereocenters. The number of carboxylic acids is 1. The number of hydrogen-bond acceptors (Lipinski definition) is 3. The molecule has 4 rings (SSSR count). The molecule has 0 aliphatic carbocycles. The fourth-order valence-electron chi connectivity index (χ4n) is 2.88. The molecule has 2 aromatic carbocycles. The molecule has 6 nitrogen and oxygen atoms in total. The molecule has 0 bridgehead atoms. The van der Waals surface area contributed by atoms with E-state index in [-0.39, 0.29) is 11.7 Å². The summed E-state index contributed by atoms with van der Waals surface area (Å²) < 4.78 is 46.8. The number of aromatic nitrogens is 2. The van der Waals surface area contributed by atoms with Crippen molar-refractivity contribution in [2.45, 2.75) is 12.7 Å². The number of benzene rings is 2. The van der Waals surface area contributed by atoms with Gasteiger partial charge in [0.25, 0.3) is 5.91 Å². The quantitative estimate of drug-likeness (QED) is 0.375. The lowest BCUT2D eigenvalue weighted by Gasteiger charge is -2.04. The predicted molar refractivity (Wildman–Crippen MR) is 117 cm³/mol. The number of pyridine rings is 1. The summed E-state index contributed by atoms with van der Waals surface area (Å²) in [6.07, 6.45) is -3.25. The largest absolute Gasteiger partial charge is 0.490 e. The fourth-order valence-corrected chi connectivity index (χ4v) is 3.00. The van der Waals surface area contributed by atoms with E-state index in [1.165, 1.54) is 12.1 Å². The van der Waals surface area contributed by atoms with Crippen LogP contribution in [0.2, 0.25) is 5.02 Å². The molecular formula is C23H16ClF4N3O3. The molecule has 0 saturated heterocycles. The molecule has 2 heterocycles. The SMILES string of the molecule is O=C(NCc1ccc(Cl)cc1)c1nc(-c2ccc(F)cc2)n2ccccc12.O=C(O)C(F)(F)F. The number of amides is 1. The maximum Gasteiger partial charge on any atom is 0.490 e. The number of aliphatic carboxylic acids is 1. The minimum Gasteiger partial charge on any atom is -0.475 e. The molecule has 1 amide bonds. The highest BCUT2D eigenvalue weighted by atomic mass is 35.5. The lowest BCUT2D eigenvalue weighted by Crippen LogP contribution is -2.23. The lowest BCUT2D eigenvalue weighted by atomic mass is 10.2. The summed E-state index contributed by atoms with van der Waals surface area (Å²) in [6.45, 7) is 0.369. The van der Waals surface area contributed by atoms with Crippen LogP contribution in [-0.4, -0.2) is 32.5 Å². The van der Waals surface area contributed by atoms with Gasteiger partial charge in [0.15, 0.2) is 5.69 Å². The standard InChI is InChI=1S/C21H15ClFN3O.C2HF3O2/c22-16-8-4-14(5-9-16)13-24-21(27)19-18-3-1-2-12-26(18)20(25-19)15-6-10-17(23)11-7-15;3-2(4,5)1(6)7/h1-12H,13H2,(H,24,27);(H,6,7). The van der Waals surface area contributed by atoms with Crippen molar-refractivity contribution in [1.29, 1.82) is 0 Å². The number of fused-ring (bicyclic) bond motifs is 1. The van der Waals surface area contributed by atoms with Crippen LogP contribution in [0.5, 0.6) is 0 Å². The van der Waals surface area contributed by atoms with E-state index in [4.69, 9.17) is 21.5 Å². The van der Waals surface area contributed by atoms with Gasteiger partial charge in [-0.05, 0) is 54.1 Å². The molecule has 0 spiro atoms. The van der Waals surface area contributed by atoms with E-state index < -0.39 is 12.1 Å². The van der Waals surface area contributed by atoms with E-state index in [1.54, 1.807) is 24.3 Å². The third kappa shape index (κ3) is 6.10. The zero-order valence-corrected chi connectivity index (χ0v) is 17.9. The summed E-state index contributed by atoms with van der Waals surface area (Å²) in [5.74, 6) is -2.77. The monoisotopic (exact) mass is 493 g/mol. The fraction of sp³-hybridized carbons (Fsp3) is 0.0870. The second-order valence-electron chi connectivity index (χ2n) is 6.86. The molecule has 0 aliphatic rings. The Bertz CT molecular complexity index is 1300. The van der Waals surface area contributed by atoms with Crippen LogP contribution in [0.3, 0.4) is 0 Å². The first kappa shape index (κ1) is 24.7. The summed E-state index contributed by atoms with van der Waals surface area (Å²) in [7, 11) is 0. The number of carboxylic acid groups (broad SMARTS) is 1. The Labute approximate surface area is 195 Å². The summed E-state index contributed by atoms with van der Waals surface area (Å²) in [5.41, 5.74) is 2.68. The molecule has 176 valence electrons. The Kier molecular flexibility index (Phi) is 7.52. The van der Waals surface area contributed by atoms with Gasteiger partial charge in [-0.2, -0.15) is 13.2 Å². The average Bonchev–Trinajstić information content (AvgIpc) is 3.19. The number of carbonyl (C=O) groups is 2. The van der Waals surface area contributed by atoms with Gasteiger partial charge in [-0.25, -0.2) is 14.2 Å². The number of rotatable bonds is 4. The topological polar surface area (TPSA) is 83.7 Å².